The molecule has 0 bridgehead atoms. The predicted molar refractivity (Wildman–Crippen MR) is 81.2 cm³/mol. The Morgan fingerprint density at radius 2 is 1.76 bits per heavy atom. The summed E-state index contributed by atoms with van der Waals surface area (Å²) in [6, 6.07) is 7.31. The Labute approximate surface area is 125 Å². The molecule has 5 nitrogen and oxygen atoms in total. The van der Waals surface area contributed by atoms with E-state index in [0.717, 1.165) is 45.4 Å². The molecule has 3 rings (SSSR count). The second-order valence-corrected chi connectivity index (χ2v) is 6.11. The van der Waals surface area contributed by atoms with Crippen LogP contribution in [-0.4, -0.2) is 59.1 Å². The molecule has 2 heterocycles. The zero-order chi connectivity index (χ0) is 14.8. The molecule has 5 heteroatoms. The van der Waals surface area contributed by atoms with Crippen molar-refractivity contribution < 1.29 is 9.90 Å². The van der Waals surface area contributed by atoms with Gasteiger partial charge in [0, 0.05) is 30.7 Å². The van der Waals surface area contributed by atoms with Gasteiger partial charge in [-0.05, 0) is 56.6 Å². The Kier molecular flexibility index (Phi) is 4.12. The number of piperidine rings is 1. The maximum atomic E-state index is 12.4. The van der Waals surface area contributed by atoms with Crippen molar-refractivity contribution in [3.05, 3.63) is 29.8 Å². The quantitative estimate of drug-likeness (QED) is 0.853. The number of benzene rings is 1. The van der Waals surface area contributed by atoms with Gasteiger partial charge in [0.15, 0.2) is 0 Å². The van der Waals surface area contributed by atoms with E-state index in [-0.39, 0.29) is 11.7 Å². The molecule has 21 heavy (non-hydrogen) atoms. The van der Waals surface area contributed by atoms with Gasteiger partial charge < -0.3 is 15.7 Å². The number of nitrogens with zero attached hydrogens (tertiary/aromatic N) is 2. The third-order valence-electron chi connectivity index (χ3n) is 4.66. The molecule has 1 atom stereocenters. The van der Waals surface area contributed by atoms with E-state index in [1.807, 2.05) is 4.90 Å². The number of nitrogens with two attached hydrogens (primary N) is 1. The first-order valence-electron chi connectivity index (χ1n) is 7.71. The molecule has 0 aliphatic carbocycles. The van der Waals surface area contributed by atoms with Crippen LogP contribution in [0.1, 0.15) is 29.6 Å². The molecule has 1 amide bonds. The summed E-state index contributed by atoms with van der Waals surface area (Å²) in [5, 5.41) is 9.30. The monoisotopic (exact) mass is 289 g/mol. The number of amides is 1. The molecule has 2 aliphatic rings. The third-order valence-corrected chi connectivity index (χ3v) is 4.66. The summed E-state index contributed by atoms with van der Waals surface area (Å²) in [5.74, 6) is 0.252. The second kappa shape index (κ2) is 6.03. The van der Waals surface area contributed by atoms with Gasteiger partial charge in [-0.3, -0.25) is 9.69 Å². The number of rotatable bonds is 2. The number of phenols is 1. The molecule has 1 aromatic rings. The van der Waals surface area contributed by atoms with E-state index in [9.17, 15) is 9.90 Å². The second-order valence-electron chi connectivity index (χ2n) is 6.11. The first kappa shape index (κ1) is 14.4. The highest BCUT2D eigenvalue weighted by Crippen LogP contribution is 2.22. The van der Waals surface area contributed by atoms with Crippen molar-refractivity contribution in [1.29, 1.82) is 0 Å². The predicted octanol–water partition coefficient (Wildman–Crippen LogP) is 1.03. The van der Waals surface area contributed by atoms with E-state index in [0.29, 0.717) is 17.6 Å². The highest BCUT2D eigenvalue weighted by Gasteiger charge is 2.32. The Morgan fingerprint density at radius 1 is 1.10 bits per heavy atom. The number of carbonyl (C=O) groups is 1. The normalized spacial score (nSPS) is 24.4. The van der Waals surface area contributed by atoms with Crippen LogP contribution < -0.4 is 5.73 Å². The summed E-state index contributed by atoms with van der Waals surface area (Å²) >= 11 is 0. The maximum absolute atomic E-state index is 12.4. The highest BCUT2D eigenvalue weighted by molar-refractivity contribution is 5.94. The summed E-state index contributed by atoms with van der Waals surface area (Å²) in [6.07, 6.45) is 3.16. The van der Waals surface area contributed by atoms with Crippen LogP contribution in [-0.2, 0) is 0 Å². The number of hydrogen-bond donors (Lipinski definition) is 2. The molecule has 2 saturated heterocycles. The standard InChI is InChI=1S/C16H23N3O2/c17-13-5-8-18(9-6-13)14-7-10-19(11-14)16(21)12-1-3-15(20)4-2-12/h1-4,13-14,20H,5-11,17H2. The summed E-state index contributed by atoms with van der Waals surface area (Å²) < 4.78 is 0. The number of aromatic hydroxyl groups is 1. The van der Waals surface area contributed by atoms with E-state index in [1.165, 1.54) is 0 Å². The minimum absolute atomic E-state index is 0.0613. The lowest BCUT2D eigenvalue weighted by Gasteiger charge is -2.34. The lowest BCUT2D eigenvalue weighted by molar-refractivity contribution is 0.0769. The summed E-state index contributed by atoms with van der Waals surface area (Å²) in [6.45, 7) is 3.71. The van der Waals surface area contributed by atoms with Gasteiger partial charge in [-0.1, -0.05) is 0 Å². The smallest absolute Gasteiger partial charge is 0.253 e. The summed E-state index contributed by atoms with van der Waals surface area (Å²) in [5.41, 5.74) is 6.60. The molecule has 114 valence electrons. The fourth-order valence-corrected chi connectivity index (χ4v) is 3.30. The molecular formula is C16H23N3O2. The van der Waals surface area contributed by atoms with Gasteiger partial charge in [-0.25, -0.2) is 0 Å². The van der Waals surface area contributed by atoms with Crippen LogP contribution in [0.4, 0.5) is 0 Å². The average Bonchev–Trinajstić information content (AvgIpc) is 2.98. The molecule has 1 unspecified atom stereocenters. The van der Waals surface area contributed by atoms with Crippen LogP contribution in [0.5, 0.6) is 5.75 Å². The van der Waals surface area contributed by atoms with Crippen molar-refractivity contribution in [1.82, 2.24) is 9.80 Å². The van der Waals surface area contributed by atoms with Gasteiger partial charge in [-0.2, -0.15) is 0 Å². The van der Waals surface area contributed by atoms with Gasteiger partial charge in [-0.15, -0.1) is 0 Å². The first-order valence-corrected chi connectivity index (χ1v) is 7.71. The summed E-state index contributed by atoms with van der Waals surface area (Å²) in [7, 11) is 0. The topological polar surface area (TPSA) is 69.8 Å². The molecule has 3 N–H and O–H groups in total. The minimum atomic E-state index is 0.0613. The number of phenolic OH excluding ortho intramolecular Hbond substituents is 1. The van der Waals surface area contributed by atoms with Gasteiger partial charge in [0.2, 0.25) is 0 Å². The van der Waals surface area contributed by atoms with Crippen molar-refractivity contribution in [3.63, 3.8) is 0 Å². The van der Waals surface area contributed by atoms with Crippen LogP contribution in [0, 0.1) is 0 Å². The number of carbonyl (C=O) groups excluding carboxylic acids is 1. The molecule has 0 spiro atoms. The Morgan fingerprint density at radius 3 is 2.43 bits per heavy atom. The van der Waals surface area contributed by atoms with Crippen molar-refractivity contribution in [2.45, 2.75) is 31.3 Å². The van der Waals surface area contributed by atoms with Gasteiger partial charge in [0.25, 0.3) is 5.91 Å². The molecule has 0 saturated carbocycles. The Hall–Kier alpha value is -1.59. The van der Waals surface area contributed by atoms with Crippen molar-refractivity contribution in [2.75, 3.05) is 26.2 Å². The minimum Gasteiger partial charge on any atom is -0.508 e. The largest absolute Gasteiger partial charge is 0.508 e. The lowest BCUT2D eigenvalue weighted by Crippen LogP contribution is -2.46. The number of likely N-dealkylation sites (tertiary alicyclic amines) is 2. The first-order chi connectivity index (χ1) is 10.1. The van der Waals surface area contributed by atoms with Crippen LogP contribution in [0.3, 0.4) is 0 Å². The van der Waals surface area contributed by atoms with Gasteiger partial charge in [0.05, 0.1) is 0 Å². The van der Waals surface area contributed by atoms with Gasteiger partial charge >= 0.3 is 0 Å². The van der Waals surface area contributed by atoms with E-state index >= 15 is 0 Å². The van der Waals surface area contributed by atoms with Crippen LogP contribution in [0.25, 0.3) is 0 Å². The van der Waals surface area contributed by atoms with Crippen LogP contribution >= 0.6 is 0 Å². The van der Waals surface area contributed by atoms with Crippen molar-refractivity contribution >= 4 is 5.91 Å². The average molecular weight is 289 g/mol. The van der Waals surface area contributed by atoms with Crippen molar-refractivity contribution in [2.24, 2.45) is 5.73 Å². The molecule has 0 radical (unpaired) electrons. The Balaban J connectivity index is 1.59. The lowest BCUT2D eigenvalue weighted by atomic mass is 10.0. The molecular weight excluding hydrogens is 266 g/mol. The maximum Gasteiger partial charge on any atom is 0.253 e. The zero-order valence-electron chi connectivity index (χ0n) is 12.2. The van der Waals surface area contributed by atoms with E-state index in [4.69, 9.17) is 5.73 Å². The summed E-state index contributed by atoms with van der Waals surface area (Å²) in [4.78, 5) is 16.8. The molecule has 2 aliphatic heterocycles. The molecule has 1 aromatic carbocycles. The van der Waals surface area contributed by atoms with E-state index in [2.05, 4.69) is 4.90 Å². The third kappa shape index (κ3) is 3.19. The molecule has 2 fully saturated rings. The highest BCUT2D eigenvalue weighted by atomic mass is 16.3. The zero-order valence-corrected chi connectivity index (χ0v) is 12.2. The number of hydrogen-bond acceptors (Lipinski definition) is 4. The molecule has 0 aromatic heterocycles. The van der Waals surface area contributed by atoms with Crippen molar-refractivity contribution in [3.8, 4) is 5.75 Å². The van der Waals surface area contributed by atoms with Gasteiger partial charge in [0.1, 0.15) is 5.75 Å². The van der Waals surface area contributed by atoms with Crippen LogP contribution in [0.2, 0.25) is 0 Å². The Bertz CT molecular complexity index is 495. The SMILES string of the molecule is NC1CCN(C2CCN(C(=O)c3ccc(O)cc3)C2)CC1. The van der Waals surface area contributed by atoms with E-state index < -0.39 is 0 Å². The fraction of sp³-hybridized carbons (Fsp3) is 0.562. The fourth-order valence-electron chi connectivity index (χ4n) is 3.30. The van der Waals surface area contributed by atoms with E-state index in [1.54, 1.807) is 24.3 Å². The van der Waals surface area contributed by atoms with Crippen LogP contribution in [0.15, 0.2) is 24.3 Å².